The molecule has 0 heterocycles. The molecule has 3 atom stereocenters. The molecule has 0 saturated carbocycles. The van der Waals surface area contributed by atoms with Gasteiger partial charge >= 0.3 is 0 Å². The van der Waals surface area contributed by atoms with Crippen LogP contribution in [0.4, 0.5) is 0 Å². The van der Waals surface area contributed by atoms with E-state index in [2.05, 4.69) is 154 Å². The zero-order valence-electron chi connectivity index (χ0n) is 31.1. The molecular formula is C40H70OP2. The average molecular weight is 629 g/mol. The quantitative estimate of drug-likeness (QED) is 0.255. The Hall–Kier alpha value is -1.68. The fraction of sp³-hybridized carbons (Fsp3) is 0.550. The molecule has 0 radical (unpaired) electrons. The Labute approximate surface area is 274 Å². The summed E-state index contributed by atoms with van der Waals surface area (Å²) in [6.45, 7) is 34.2. The average Bonchev–Trinajstić information content (AvgIpc) is 3.00. The van der Waals surface area contributed by atoms with Gasteiger partial charge in [0.25, 0.3) is 0 Å². The Balaban J connectivity index is -0.000000584. The van der Waals surface area contributed by atoms with Crippen LogP contribution in [0.15, 0.2) is 66.7 Å². The van der Waals surface area contributed by atoms with Crippen LogP contribution < -0.4 is 15.3 Å². The van der Waals surface area contributed by atoms with Gasteiger partial charge in [-0.25, -0.2) is 0 Å². The lowest BCUT2D eigenvalue weighted by molar-refractivity contribution is 0.212. The first-order valence-corrected chi connectivity index (χ1v) is 17.9. The summed E-state index contributed by atoms with van der Waals surface area (Å²) in [5, 5.41) is 2.44. The van der Waals surface area contributed by atoms with Crippen LogP contribution >= 0.6 is 18.5 Å². The second-order valence-electron chi connectivity index (χ2n) is 11.8. The summed E-state index contributed by atoms with van der Waals surface area (Å²) in [4.78, 5) is 0. The number of ether oxygens (including phenoxy) is 1. The normalized spacial score (nSPS) is 10.7. The lowest BCUT2D eigenvalue weighted by atomic mass is 9.80. The zero-order chi connectivity index (χ0) is 34.2. The van der Waals surface area contributed by atoms with Gasteiger partial charge in [0.05, 0.1) is 6.10 Å². The summed E-state index contributed by atoms with van der Waals surface area (Å²) in [6, 6.07) is 23.6. The van der Waals surface area contributed by atoms with Crippen LogP contribution in [0.2, 0.25) is 0 Å². The van der Waals surface area contributed by atoms with Crippen LogP contribution in [-0.2, 0) is 10.8 Å². The van der Waals surface area contributed by atoms with Crippen molar-refractivity contribution >= 4 is 29.1 Å². The molecule has 0 fully saturated rings. The highest BCUT2D eigenvalue weighted by Gasteiger charge is 2.23. The van der Waals surface area contributed by atoms with Crippen LogP contribution in [0.5, 0.6) is 5.75 Å². The van der Waals surface area contributed by atoms with E-state index in [0.717, 1.165) is 12.2 Å². The lowest BCUT2D eigenvalue weighted by Gasteiger charge is -2.28. The van der Waals surface area contributed by atoms with Gasteiger partial charge in [0.1, 0.15) is 5.75 Å². The Bertz CT molecular complexity index is 994. The van der Waals surface area contributed by atoms with E-state index in [1.807, 2.05) is 41.5 Å². The van der Waals surface area contributed by atoms with Crippen LogP contribution in [-0.4, -0.2) is 6.10 Å². The molecule has 246 valence electrons. The number of hydrogen-bond donors (Lipinski definition) is 0. The Morgan fingerprint density at radius 1 is 0.581 bits per heavy atom. The van der Waals surface area contributed by atoms with E-state index in [1.54, 1.807) is 0 Å². The second-order valence-corrected chi connectivity index (χ2v) is 13.1. The van der Waals surface area contributed by atoms with E-state index >= 15 is 0 Å². The number of benzene rings is 3. The predicted octanol–water partition coefficient (Wildman–Crippen LogP) is 12.7. The molecule has 3 heteroatoms. The van der Waals surface area contributed by atoms with Crippen molar-refractivity contribution in [2.75, 3.05) is 0 Å². The maximum absolute atomic E-state index is 6.09. The monoisotopic (exact) mass is 628 g/mol. The molecule has 0 aliphatic carbocycles. The molecule has 0 amide bonds. The molecule has 3 unspecified atom stereocenters. The van der Waals surface area contributed by atoms with Crippen molar-refractivity contribution in [1.29, 1.82) is 0 Å². The maximum Gasteiger partial charge on any atom is 0.123 e. The molecule has 0 N–H and O–H groups in total. The van der Waals surface area contributed by atoms with Crippen LogP contribution in [0, 0.1) is 0 Å². The summed E-state index contributed by atoms with van der Waals surface area (Å²) >= 11 is 0. The van der Waals surface area contributed by atoms with Crippen molar-refractivity contribution in [1.82, 2.24) is 0 Å². The second kappa shape index (κ2) is 25.6. The molecule has 0 aliphatic rings. The molecule has 0 spiro atoms. The maximum atomic E-state index is 6.09. The number of unbranched alkanes of at least 4 members (excludes halogenated alkanes) is 1. The first-order chi connectivity index (χ1) is 20.2. The first kappa shape index (κ1) is 45.7. The van der Waals surface area contributed by atoms with Gasteiger partial charge in [-0.05, 0) is 63.1 Å². The SMILES string of the molecule is CC.CC.CC.CCC(C)Oc1ccc(C(C)(C)C)cc1C(C)(C)C.CCCC.Pc1ccc(-c2ccc(P)cc2)cc1. The molecule has 0 aromatic heterocycles. The summed E-state index contributed by atoms with van der Waals surface area (Å²) in [5.41, 5.74) is 5.48. The van der Waals surface area contributed by atoms with Crippen LogP contribution in [0.3, 0.4) is 0 Å². The number of hydrogen-bond acceptors (Lipinski definition) is 1. The molecule has 0 aliphatic heterocycles. The van der Waals surface area contributed by atoms with E-state index < -0.39 is 0 Å². The predicted molar refractivity (Wildman–Crippen MR) is 209 cm³/mol. The molecule has 1 nitrogen and oxygen atoms in total. The van der Waals surface area contributed by atoms with Crippen molar-refractivity contribution in [3.05, 3.63) is 77.9 Å². The summed E-state index contributed by atoms with van der Waals surface area (Å²) in [6.07, 6.45) is 3.94. The van der Waals surface area contributed by atoms with Crippen molar-refractivity contribution in [2.24, 2.45) is 0 Å². The largest absolute Gasteiger partial charge is 0.490 e. The molecule has 43 heavy (non-hydrogen) atoms. The van der Waals surface area contributed by atoms with E-state index in [4.69, 9.17) is 4.74 Å². The smallest absolute Gasteiger partial charge is 0.123 e. The van der Waals surface area contributed by atoms with Gasteiger partial charge in [-0.15, -0.1) is 18.5 Å². The lowest BCUT2D eigenvalue weighted by Crippen LogP contribution is -2.19. The van der Waals surface area contributed by atoms with E-state index in [1.165, 1.54) is 45.7 Å². The third-order valence-corrected chi connectivity index (χ3v) is 6.98. The molecule has 3 aromatic carbocycles. The zero-order valence-corrected chi connectivity index (χ0v) is 33.4. The van der Waals surface area contributed by atoms with Crippen LogP contribution in [0.1, 0.15) is 141 Å². The van der Waals surface area contributed by atoms with Gasteiger partial charge in [-0.1, -0.05) is 177 Å². The molecule has 0 bridgehead atoms. The van der Waals surface area contributed by atoms with E-state index in [9.17, 15) is 0 Å². The van der Waals surface area contributed by atoms with Crippen LogP contribution in [0.25, 0.3) is 11.1 Å². The van der Waals surface area contributed by atoms with Gasteiger partial charge in [0.15, 0.2) is 0 Å². The highest BCUT2D eigenvalue weighted by molar-refractivity contribution is 7.27. The molecule has 3 aromatic rings. The summed E-state index contributed by atoms with van der Waals surface area (Å²) in [7, 11) is 5.39. The summed E-state index contributed by atoms with van der Waals surface area (Å²) in [5.74, 6) is 1.04. The van der Waals surface area contributed by atoms with Crippen molar-refractivity contribution in [3.63, 3.8) is 0 Å². The van der Waals surface area contributed by atoms with E-state index in [-0.39, 0.29) is 16.9 Å². The highest BCUT2D eigenvalue weighted by atomic mass is 31.0. The topological polar surface area (TPSA) is 9.23 Å². The Morgan fingerprint density at radius 2 is 0.953 bits per heavy atom. The van der Waals surface area contributed by atoms with E-state index in [0.29, 0.717) is 0 Å². The van der Waals surface area contributed by atoms with Crippen molar-refractivity contribution in [2.45, 2.75) is 147 Å². The van der Waals surface area contributed by atoms with Gasteiger partial charge < -0.3 is 4.74 Å². The minimum atomic E-state index is 0.101. The first-order valence-electron chi connectivity index (χ1n) is 16.8. The third-order valence-electron chi connectivity index (χ3n) is 6.21. The van der Waals surface area contributed by atoms with Gasteiger partial charge in [0, 0.05) is 0 Å². The van der Waals surface area contributed by atoms with Crippen molar-refractivity contribution < 1.29 is 4.74 Å². The fourth-order valence-corrected chi connectivity index (χ4v) is 3.72. The van der Waals surface area contributed by atoms with Gasteiger partial charge in [0.2, 0.25) is 0 Å². The molecule has 0 saturated heterocycles. The molecule has 3 rings (SSSR count). The minimum Gasteiger partial charge on any atom is -0.490 e. The van der Waals surface area contributed by atoms with Gasteiger partial charge in [-0.2, -0.15) is 0 Å². The highest BCUT2D eigenvalue weighted by Crippen LogP contribution is 2.36. The van der Waals surface area contributed by atoms with Crippen molar-refractivity contribution in [3.8, 4) is 16.9 Å². The Kier molecular flexibility index (Phi) is 27.3. The number of rotatable bonds is 5. The fourth-order valence-electron chi connectivity index (χ4n) is 3.34. The standard InChI is InChI=1S/C18H30O.C12H12P2.C4H10.3C2H6/c1-9-13(2)19-16-11-10-14(17(3,4)5)12-15(16)18(6,7)8;13-11-5-1-9(2-6-11)10-3-7-12(14)8-4-10;1-3-4-2;3*1-2/h10-13H,9H2,1-8H3;1-8H,13-14H2;3-4H2,1-2H3;3*1-2H3. The third kappa shape index (κ3) is 20.1. The van der Waals surface area contributed by atoms with Gasteiger partial charge in [-0.3, -0.25) is 0 Å². The Morgan fingerprint density at radius 3 is 1.23 bits per heavy atom. The minimum absolute atomic E-state index is 0.101. The molecular weight excluding hydrogens is 558 g/mol. The summed E-state index contributed by atoms with van der Waals surface area (Å²) < 4.78 is 6.09.